The van der Waals surface area contributed by atoms with E-state index in [1.807, 2.05) is 6.92 Å². The van der Waals surface area contributed by atoms with Crippen LogP contribution in [-0.4, -0.2) is 27.7 Å². The highest BCUT2D eigenvalue weighted by Crippen LogP contribution is 2.22. The van der Waals surface area contributed by atoms with Gasteiger partial charge in [0.25, 0.3) is 0 Å². The van der Waals surface area contributed by atoms with Gasteiger partial charge < -0.3 is 10.4 Å². The summed E-state index contributed by atoms with van der Waals surface area (Å²) in [5.74, 6) is 0.0624. The van der Waals surface area contributed by atoms with Crippen molar-refractivity contribution in [2.24, 2.45) is 0 Å². The van der Waals surface area contributed by atoms with Gasteiger partial charge in [0.05, 0.1) is 23.6 Å². The van der Waals surface area contributed by atoms with Gasteiger partial charge in [0, 0.05) is 0 Å². The smallest absolute Gasteiger partial charge is 0.140 e. The molecule has 0 radical (unpaired) electrons. The molecule has 0 aliphatic rings. The van der Waals surface area contributed by atoms with Crippen LogP contribution in [0.2, 0.25) is 0 Å². The second kappa shape index (κ2) is 5.05. The van der Waals surface area contributed by atoms with Crippen molar-refractivity contribution in [3.63, 3.8) is 0 Å². The van der Waals surface area contributed by atoms with Gasteiger partial charge in [-0.25, -0.2) is 14.4 Å². The Labute approximate surface area is 98.5 Å². The number of nitrogens with one attached hydrogen (secondary N) is 1. The zero-order valence-electron chi connectivity index (χ0n) is 9.52. The molecule has 90 valence electrons. The molecule has 0 bridgehead atoms. The molecule has 17 heavy (non-hydrogen) atoms. The summed E-state index contributed by atoms with van der Waals surface area (Å²) in [6.45, 7) is 1.92. The first-order valence-electron chi connectivity index (χ1n) is 5.53. The second-order valence-corrected chi connectivity index (χ2v) is 3.79. The molecular weight excluding hydrogens is 221 g/mol. The molecule has 2 aromatic rings. The Balaban J connectivity index is 2.46. The molecule has 0 aliphatic heterocycles. The highest BCUT2D eigenvalue weighted by Gasteiger charge is 2.11. The quantitative estimate of drug-likeness (QED) is 0.850. The third-order valence-electron chi connectivity index (χ3n) is 2.67. The van der Waals surface area contributed by atoms with E-state index in [0.29, 0.717) is 16.7 Å². The van der Waals surface area contributed by atoms with Gasteiger partial charge in [0.15, 0.2) is 0 Å². The molecule has 0 saturated heterocycles. The molecule has 4 nitrogen and oxygen atoms in total. The highest BCUT2D eigenvalue weighted by molar-refractivity contribution is 5.89. The third-order valence-corrected chi connectivity index (χ3v) is 2.67. The third kappa shape index (κ3) is 2.34. The molecule has 0 spiro atoms. The minimum atomic E-state index is -0.363. The number of halogens is 1. The number of nitrogens with zero attached hydrogens (tertiary/aromatic N) is 2. The average molecular weight is 235 g/mol. The van der Waals surface area contributed by atoms with Gasteiger partial charge in [-0.15, -0.1) is 0 Å². The molecule has 2 N–H and O–H groups in total. The van der Waals surface area contributed by atoms with Crippen molar-refractivity contribution >= 4 is 16.7 Å². The maximum Gasteiger partial charge on any atom is 0.140 e. The number of aliphatic hydroxyl groups is 1. The summed E-state index contributed by atoms with van der Waals surface area (Å²) < 4.78 is 13.7. The fraction of sp³-hybridized carbons (Fsp3) is 0.333. The van der Waals surface area contributed by atoms with E-state index in [9.17, 15) is 4.39 Å². The molecule has 0 fully saturated rings. The molecule has 1 aromatic carbocycles. The van der Waals surface area contributed by atoms with Crippen molar-refractivity contribution < 1.29 is 9.50 Å². The van der Waals surface area contributed by atoms with Crippen LogP contribution in [0, 0.1) is 5.82 Å². The van der Waals surface area contributed by atoms with Crippen LogP contribution in [0.4, 0.5) is 10.2 Å². The van der Waals surface area contributed by atoms with Crippen LogP contribution in [-0.2, 0) is 0 Å². The van der Waals surface area contributed by atoms with Gasteiger partial charge in [-0.2, -0.15) is 0 Å². The number of anilines is 1. The van der Waals surface area contributed by atoms with Gasteiger partial charge in [-0.05, 0) is 18.6 Å². The van der Waals surface area contributed by atoms with E-state index in [1.165, 1.54) is 12.4 Å². The summed E-state index contributed by atoms with van der Waals surface area (Å²) >= 11 is 0. The lowest BCUT2D eigenvalue weighted by atomic mass is 10.2. The van der Waals surface area contributed by atoms with Gasteiger partial charge >= 0.3 is 0 Å². The molecule has 5 heteroatoms. The Kier molecular flexibility index (Phi) is 3.49. The number of rotatable bonds is 4. The number of benzene rings is 1. The predicted molar refractivity (Wildman–Crippen MR) is 64.3 cm³/mol. The van der Waals surface area contributed by atoms with Crippen molar-refractivity contribution in [3.8, 4) is 0 Å². The molecule has 0 saturated carbocycles. The number of aromatic nitrogens is 2. The largest absolute Gasteiger partial charge is 0.394 e. The summed E-state index contributed by atoms with van der Waals surface area (Å²) in [5, 5.41) is 12.5. The van der Waals surface area contributed by atoms with Gasteiger partial charge in [0.1, 0.15) is 18.0 Å². The van der Waals surface area contributed by atoms with E-state index in [2.05, 4.69) is 15.3 Å². The summed E-state index contributed by atoms with van der Waals surface area (Å²) in [4.78, 5) is 8.04. The van der Waals surface area contributed by atoms with E-state index in [-0.39, 0.29) is 18.5 Å². The van der Waals surface area contributed by atoms with Crippen LogP contribution in [0.3, 0.4) is 0 Å². The van der Waals surface area contributed by atoms with Gasteiger partial charge in [-0.1, -0.05) is 13.0 Å². The first kappa shape index (κ1) is 11.7. The van der Waals surface area contributed by atoms with Crippen LogP contribution in [0.15, 0.2) is 24.5 Å². The number of fused-ring (bicyclic) bond motifs is 1. The Bertz CT molecular complexity index is 509. The van der Waals surface area contributed by atoms with E-state index in [4.69, 9.17) is 5.11 Å². The lowest BCUT2D eigenvalue weighted by molar-refractivity contribution is 0.271. The van der Waals surface area contributed by atoms with Crippen molar-refractivity contribution in [2.75, 3.05) is 11.9 Å². The monoisotopic (exact) mass is 235 g/mol. The van der Waals surface area contributed by atoms with Crippen molar-refractivity contribution in [3.05, 3.63) is 30.3 Å². The SMILES string of the molecule is CC[C@@H](CO)Nc1ncnc2cccc(F)c12. The van der Waals surface area contributed by atoms with E-state index < -0.39 is 0 Å². The molecule has 0 aliphatic carbocycles. The Morgan fingerprint density at radius 2 is 2.24 bits per heavy atom. The predicted octanol–water partition coefficient (Wildman–Crippen LogP) is 1.95. The van der Waals surface area contributed by atoms with Crippen LogP contribution >= 0.6 is 0 Å². The fourth-order valence-electron chi connectivity index (χ4n) is 1.65. The maximum atomic E-state index is 13.7. The lowest BCUT2D eigenvalue weighted by Crippen LogP contribution is -2.23. The van der Waals surface area contributed by atoms with Crippen molar-refractivity contribution in [1.82, 2.24) is 9.97 Å². The van der Waals surface area contributed by atoms with Crippen LogP contribution in [0.1, 0.15) is 13.3 Å². The van der Waals surface area contributed by atoms with E-state index >= 15 is 0 Å². The normalized spacial score (nSPS) is 12.6. The number of hydrogen-bond acceptors (Lipinski definition) is 4. The average Bonchev–Trinajstić information content (AvgIpc) is 2.36. The molecule has 1 atom stereocenters. The van der Waals surface area contributed by atoms with Crippen molar-refractivity contribution in [2.45, 2.75) is 19.4 Å². The van der Waals surface area contributed by atoms with Crippen molar-refractivity contribution in [1.29, 1.82) is 0 Å². The Hall–Kier alpha value is -1.75. The van der Waals surface area contributed by atoms with Crippen LogP contribution < -0.4 is 5.32 Å². The summed E-state index contributed by atoms with van der Waals surface area (Å²) in [6, 6.07) is 4.58. The summed E-state index contributed by atoms with van der Waals surface area (Å²) in [5.41, 5.74) is 0.551. The van der Waals surface area contributed by atoms with Crippen LogP contribution in [0.5, 0.6) is 0 Å². The Morgan fingerprint density at radius 1 is 1.41 bits per heavy atom. The minimum Gasteiger partial charge on any atom is -0.394 e. The number of hydrogen-bond donors (Lipinski definition) is 2. The molecule has 0 unspecified atom stereocenters. The molecule has 1 aromatic heterocycles. The van der Waals surface area contributed by atoms with Gasteiger partial charge in [0.2, 0.25) is 0 Å². The van der Waals surface area contributed by atoms with Crippen LogP contribution in [0.25, 0.3) is 10.9 Å². The van der Waals surface area contributed by atoms with E-state index in [1.54, 1.807) is 12.1 Å². The minimum absolute atomic E-state index is 0.0174. The molecular formula is C12H14FN3O. The molecule has 1 heterocycles. The number of aliphatic hydroxyl groups excluding tert-OH is 1. The zero-order chi connectivity index (χ0) is 12.3. The summed E-state index contributed by atoms with van der Waals surface area (Å²) in [6.07, 6.45) is 2.12. The fourth-order valence-corrected chi connectivity index (χ4v) is 1.65. The molecule has 0 amide bonds. The topological polar surface area (TPSA) is 58.0 Å². The standard InChI is InChI=1S/C12H14FN3O/c1-2-8(6-17)16-12-11-9(13)4-3-5-10(11)14-7-15-12/h3-5,7-8,17H,2,6H2,1H3,(H,14,15,16)/t8-/m0/s1. The maximum absolute atomic E-state index is 13.7. The lowest BCUT2D eigenvalue weighted by Gasteiger charge is -2.15. The van der Waals surface area contributed by atoms with Gasteiger partial charge in [-0.3, -0.25) is 0 Å². The summed E-state index contributed by atoms with van der Waals surface area (Å²) in [7, 11) is 0. The second-order valence-electron chi connectivity index (χ2n) is 3.79. The molecule has 2 rings (SSSR count). The van der Waals surface area contributed by atoms with E-state index in [0.717, 1.165) is 6.42 Å². The first-order chi connectivity index (χ1) is 8.26. The first-order valence-corrected chi connectivity index (χ1v) is 5.53. The highest BCUT2D eigenvalue weighted by atomic mass is 19.1. The Morgan fingerprint density at radius 3 is 2.94 bits per heavy atom. The zero-order valence-corrected chi connectivity index (χ0v) is 9.52.